The van der Waals surface area contributed by atoms with Crippen molar-refractivity contribution < 1.29 is 9.53 Å². The first kappa shape index (κ1) is 21.8. The van der Waals surface area contributed by atoms with Gasteiger partial charge in [0, 0.05) is 39.2 Å². The average molecular weight is 490 g/mol. The van der Waals surface area contributed by atoms with Crippen LogP contribution >= 0.6 is 15.9 Å². The van der Waals surface area contributed by atoms with Gasteiger partial charge in [-0.3, -0.25) is 4.79 Å². The molecule has 1 N–H and O–H groups in total. The van der Waals surface area contributed by atoms with E-state index in [1.54, 1.807) is 30.5 Å². The molecule has 1 heterocycles. The maximum Gasteiger partial charge on any atom is 0.271 e. The van der Waals surface area contributed by atoms with E-state index in [1.165, 1.54) is 5.56 Å². The summed E-state index contributed by atoms with van der Waals surface area (Å²) in [7, 11) is 0. The molecule has 0 radical (unpaired) electrons. The molecule has 5 nitrogen and oxygen atoms in total. The lowest BCUT2D eigenvalue weighted by molar-refractivity contribution is 0.0955. The Morgan fingerprint density at radius 3 is 2.56 bits per heavy atom. The Morgan fingerprint density at radius 1 is 1.06 bits per heavy atom. The highest BCUT2D eigenvalue weighted by molar-refractivity contribution is 9.10. The van der Waals surface area contributed by atoms with Crippen LogP contribution in [-0.4, -0.2) is 23.3 Å². The minimum atomic E-state index is -0.262. The van der Waals surface area contributed by atoms with Crippen molar-refractivity contribution in [2.75, 3.05) is 6.61 Å². The first-order valence-electron chi connectivity index (χ1n) is 10.5. The van der Waals surface area contributed by atoms with Gasteiger partial charge in [-0.05, 0) is 54.4 Å². The second-order valence-corrected chi connectivity index (χ2v) is 8.34. The number of nitrogens with one attached hydrogen (secondary N) is 1. The zero-order chi connectivity index (χ0) is 22.3. The SMILES string of the molecule is CCCOc1ccc(C(=O)N/N=C/c2cn(Cc3ccc(Br)cc3)c3ccccc23)cc1. The van der Waals surface area contributed by atoms with Crippen LogP contribution in [0.3, 0.4) is 0 Å². The van der Waals surface area contributed by atoms with Gasteiger partial charge in [0.15, 0.2) is 0 Å². The number of fused-ring (bicyclic) bond motifs is 1. The lowest BCUT2D eigenvalue weighted by Gasteiger charge is -2.05. The fourth-order valence-corrected chi connectivity index (χ4v) is 3.71. The highest BCUT2D eigenvalue weighted by Gasteiger charge is 2.08. The molecule has 0 fully saturated rings. The zero-order valence-corrected chi connectivity index (χ0v) is 19.4. The summed E-state index contributed by atoms with van der Waals surface area (Å²) in [5.74, 6) is 0.493. The number of hydrogen-bond acceptors (Lipinski definition) is 3. The number of nitrogens with zero attached hydrogens (tertiary/aromatic N) is 2. The summed E-state index contributed by atoms with van der Waals surface area (Å²) in [5, 5.41) is 5.28. The first-order valence-corrected chi connectivity index (χ1v) is 11.3. The monoisotopic (exact) mass is 489 g/mol. The van der Waals surface area contributed by atoms with Crippen molar-refractivity contribution in [3.05, 3.63) is 100 Å². The minimum Gasteiger partial charge on any atom is -0.494 e. The Bertz CT molecular complexity index is 1230. The van der Waals surface area contributed by atoms with E-state index in [0.717, 1.165) is 39.7 Å². The Kier molecular flexibility index (Phi) is 7.02. The molecule has 4 aromatic rings. The van der Waals surface area contributed by atoms with E-state index in [9.17, 15) is 4.79 Å². The zero-order valence-electron chi connectivity index (χ0n) is 17.8. The summed E-state index contributed by atoms with van der Waals surface area (Å²) < 4.78 is 8.81. The van der Waals surface area contributed by atoms with Gasteiger partial charge in [-0.1, -0.05) is 53.2 Å². The average Bonchev–Trinajstić information content (AvgIpc) is 3.17. The number of amides is 1. The summed E-state index contributed by atoms with van der Waals surface area (Å²) >= 11 is 3.48. The van der Waals surface area contributed by atoms with Gasteiger partial charge < -0.3 is 9.30 Å². The molecule has 0 saturated carbocycles. The van der Waals surface area contributed by atoms with Gasteiger partial charge >= 0.3 is 0 Å². The van der Waals surface area contributed by atoms with Gasteiger partial charge in [0.05, 0.1) is 12.8 Å². The van der Waals surface area contributed by atoms with Crippen LogP contribution in [0.5, 0.6) is 5.75 Å². The molecule has 0 aliphatic rings. The highest BCUT2D eigenvalue weighted by Crippen LogP contribution is 2.22. The van der Waals surface area contributed by atoms with Gasteiger partial charge in [-0.2, -0.15) is 5.10 Å². The van der Waals surface area contributed by atoms with Gasteiger partial charge in [-0.25, -0.2) is 5.43 Å². The molecule has 32 heavy (non-hydrogen) atoms. The topological polar surface area (TPSA) is 55.6 Å². The fourth-order valence-electron chi connectivity index (χ4n) is 3.44. The number of rotatable bonds is 8. The van der Waals surface area contributed by atoms with Crippen LogP contribution < -0.4 is 10.2 Å². The minimum absolute atomic E-state index is 0.262. The van der Waals surface area contributed by atoms with E-state index in [2.05, 4.69) is 68.4 Å². The van der Waals surface area contributed by atoms with E-state index in [4.69, 9.17) is 4.74 Å². The van der Waals surface area contributed by atoms with E-state index < -0.39 is 0 Å². The van der Waals surface area contributed by atoms with E-state index in [0.29, 0.717) is 12.2 Å². The number of carbonyl (C=O) groups is 1. The lowest BCUT2D eigenvalue weighted by atomic mass is 10.2. The number of hydrazone groups is 1. The maximum absolute atomic E-state index is 12.4. The van der Waals surface area contributed by atoms with Crippen molar-refractivity contribution in [1.29, 1.82) is 0 Å². The van der Waals surface area contributed by atoms with Gasteiger partial charge in [0.1, 0.15) is 5.75 Å². The lowest BCUT2D eigenvalue weighted by Crippen LogP contribution is -2.17. The van der Waals surface area contributed by atoms with E-state index in [-0.39, 0.29) is 5.91 Å². The number of para-hydroxylation sites is 1. The molecule has 0 aliphatic heterocycles. The number of hydrogen-bond donors (Lipinski definition) is 1. The van der Waals surface area contributed by atoms with Crippen LogP contribution in [0, 0.1) is 0 Å². The fraction of sp³-hybridized carbons (Fsp3) is 0.154. The van der Waals surface area contributed by atoms with Crippen molar-refractivity contribution in [2.45, 2.75) is 19.9 Å². The number of carbonyl (C=O) groups excluding carboxylic acids is 1. The Hall–Kier alpha value is -3.38. The summed E-state index contributed by atoms with van der Waals surface area (Å²) in [6.07, 6.45) is 4.69. The number of halogens is 1. The molecule has 1 aromatic heterocycles. The number of aromatic nitrogens is 1. The van der Waals surface area contributed by atoms with Gasteiger partial charge in [-0.15, -0.1) is 0 Å². The second kappa shape index (κ2) is 10.3. The van der Waals surface area contributed by atoms with Gasteiger partial charge in [0.2, 0.25) is 0 Å². The van der Waals surface area contributed by atoms with Crippen molar-refractivity contribution in [2.24, 2.45) is 5.10 Å². The summed E-state index contributed by atoms with van der Waals surface area (Å²) in [6, 6.07) is 23.5. The van der Waals surface area contributed by atoms with Crippen molar-refractivity contribution in [1.82, 2.24) is 9.99 Å². The summed E-state index contributed by atoms with van der Waals surface area (Å²) in [6.45, 7) is 3.46. The quantitative estimate of drug-likeness (QED) is 0.243. The molecule has 4 rings (SSSR count). The molecule has 3 aromatic carbocycles. The Morgan fingerprint density at radius 2 is 1.81 bits per heavy atom. The molecular formula is C26H24BrN3O2. The third-order valence-corrected chi connectivity index (χ3v) is 5.57. The molecule has 0 atom stereocenters. The van der Waals surface area contributed by atoms with Crippen molar-refractivity contribution in [3.63, 3.8) is 0 Å². The molecule has 0 bridgehead atoms. The van der Waals surface area contributed by atoms with Crippen LogP contribution in [0.2, 0.25) is 0 Å². The largest absolute Gasteiger partial charge is 0.494 e. The molecule has 162 valence electrons. The molecule has 1 amide bonds. The standard InChI is InChI=1S/C26H24BrN3O2/c1-2-15-32-23-13-9-20(10-14-23)26(31)29-28-16-21-18-30(25-6-4-3-5-24(21)25)17-19-7-11-22(27)12-8-19/h3-14,16,18H,2,15,17H2,1H3,(H,29,31)/b28-16+. The first-order chi connectivity index (χ1) is 15.6. The van der Waals surface area contributed by atoms with Gasteiger partial charge in [0.25, 0.3) is 5.91 Å². The summed E-state index contributed by atoms with van der Waals surface area (Å²) in [5.41, 5.74) is 6.41. The molecule has 0 spiro atoms. The predicted molar refractivity (Wildman–Crippen MR) is 132 cm³/mol. The predicted octanol–water partition coefficient (Wildman–Crippen LogP) is 6.00. The van der Waals surface area contributed by atoms with Crippen LogP contribution in [-0.2, 0) is 6.54 Å². The Balaban J connectivity index is 1.47. The van der Waals surface area contributed by atoms with Crippen LogP contribution in [0.25, 0.3) is 10.9 Å². The third-order valence-electron chi connectivity index (χ3n) is 5.04. The molecule has 6 heteroatoms. The molecular weight excluding hydrogens is 466 g/mol. The van der Waals surface area contributed by atoms with Crippen molar-refractivity contribution in [3.8, 4) is 5.75 Å². The molecule has 0 saturated heterocycles. The molecule has 0 unspecified atom stereocenters. The molecule has 0 aliphatic carbocycles. The third kappa shape index (κ3) is 5.26. The van der Waals surface area contributed by atoms with Crippen LogP contribution in [0.4, 0.5) is 0 Å². The van der Waals surface area contributed by atoms with Crippen LogP contribution in [0.15, 0.2) is 88.6 Å². The number of benzene rings is 3. The normalized spacial score (nSPS) is 11.2. The van der Waals surface area contributed by atoms with E-state index in [1.807, 2.05) is 24.3 Å². The smallest absolute Gasteiger partial charge is 0.271 e. The number of ether oxygens (including phenoxy) is 1. The Labute approximate surface area is 195 Å². The van der Waals surface area contributed by atoms with Crippen LogP contribution in [0.1, 0.15) is 34.8 Å². The van der Waals surface area contributed by atoms with E-state index >= 15 is 0 Å². The van der Waals surface area contributed by atoms with Crippen molar-refractivity contribution >= 4 is 39.0 Å². The summed E-state index contributed by atoms with van der Waals surface area (Å²) in [4.78, 5) is 12.4. The second-order valence-electron chi connectivity index (χ2n) is 7.43. The highest BCUT2D eigenvalue weighted by atomic mass is 79.9. The maximum atomic E-state index is 12.4.